The second-order valence-electron chi connectivity index (χ2n) is 17.5. The maximum Gasteiger partial charge on any atom is 0.328 e. The maximum atomic E-state index is 14.3. The Morgan fingerprint density at radius 1 is 1.04 bits per heavy atom. The van der Waals surface area contributed by atoms with Gasteiger partial charge < -0.3 is 40.0 Å². The first kappa shape index (κ1) is 46.4. The molecule has 0 radical (unpaired) electrons. The van der Waals surface area contributed by atoms with E-state index in [9.17, 15) is 19.2 Å². The summed E-state index contributed by atoms with van der Waals surface area (Å²) in [5, 5.41) is 9.99. The van der Waals surface area contributed by atoms with Crippen LogP contribution in [0, 0.1) is 17.8 Å². The minimum atomic E-state index is -0.879. The molecule has 0 aromatic heterocycles. The zero-order valence-corrected chi connectivity index (χ0v) is 36.8. The van der Waals surface area contributed by atoms with Crippen LogP contribution in [0.2, 0.25) is 0 Å². The molecule has 3 amide bonds. The summed E-state index contributed by atoms with van der Waals surface area (Å²) in [6.07, 6.45) is 5.70. The molecular formula is C44H74N6O7. The van der Waals surface area contributed by atoms with Crippen molar-refractivity contribution < 1.29 is 33.4 Å². The number of carbonyl (C=O) groups excluding carboxylic acids is 4. The predicted molar refractivity (Wildman–Crippen MR) is 224 cm³/mol. The number of hydrogen-bond donors (Lipinski definition) is 3. The van der Waals surface area contributed by atoms with Crippen molar-refractivity contribution in [3.8, 4) is 0 Å². The van der Waals surface area contributed by atoms with Gasteiger partial charge in [-0.2, -0.15) is 0 Å². The van der Waals surface area contributed by atoms with E-state index in [4.69, 9.17) is 14.2 Å². The number of ether oxygens (including phenoxy) is 3. The summed E-state index contributed by atoms with van der Waals surface area (Å²) >= 11 is 0. The molecule has 2 fully saturated rings. The van der Waals surface area contributed by atoms with Crippen LogP contribution in [-0.2, 0) is 46.2 Å². The van der Waals surface area contributed by atoms with E-state index in [0.717, 1.165) is 69.4 Å². The molecule has 322 valence electrons. The lowest BCUT2D eigenvalue weighted by atomic mass is 9.89. The van der Waals surface area contributed by atoms with Crippen LogP contribution in [0.3, 0.4) is 0 Å². The number of nitrogens with zero attached hydrogens (tertiary/aromatic N) is 3. The molecule has 1 aromatic carbocycles. The van der Waals surface area contributed by atoms with E-state index in [1.165, 1.54) is 12.7 Å². The summed E-state index contributed by atoms with van der Waals surface area (Å²) < 4.78 is 17.2. The van der Waals surface area contributed by atoms with Gasteiger partial charge in [0.05, 0.1) is 49.8 Å². The molecule has 57 heavy (non-hydrogen) atoms. The van der Waals surface area contributed by atoms with Gasteiger partial charge in [0, 0.05) is 58.5 Å². The van der Waals surface area contributed by atoms with E-state index in [2.05, 4.69) is 68.6 Å². The minimum Gasteiger partial charge on any atom is -0.467 e. The number of rotatable bonds is 20. The second kappa shape index (κ2) is 21.1. The van der Waals surface area contributed by atoms with Crippen molar-refractivity contribution in [1.82, 2.24) is 25.3 Å². The quantitative estimate of drug-likeness (QED) is 0.164. The minimum absolute atomic E-state index is 0.00118. The van der Waals surface area contributed by atoms with E-state index in [1.54, 1.807) is 21.1 Å². The molecule has 0 saturated carbocycles. The zero-order valence-electron chi connectivity index (χ0n) is 36.8. The van der Waals surface area contributed by atoms with Crippen molar-refractivity contribution in [2.24, 2.45) is 17.8 Å². The Bertz CT molecular complexity index is 1510. The first-order valence-electron chi connectivity index (χ1n) is 21.4. The van der Waals surface area contributed by atoms with Gasteiger partial charge in [-0.15, -0.1) is 0 Å². The fourth-order valence-electron chi connectivity index (χ4n) is 9.37. The van der Waals surface area contributed by atoms with Gasteiger partial charge in [0.2, 0.25) is 17.7 Å². The fourth-order valence-corrected chi connectivity index (χ4v) is 9.37. The van der Waals surface area contributed by atoms with Gasteiger partial charge in [0.15, 0.2) is 0 Å². The number of hydrogen-bond acceptors (Lipinski definition) is 10. The molecule has 0 bridgehead atoms. The molecule has 3 N–H and O–H groups in total. The number of fused-ring (bicyclic) bond motifs is 1. The highest BCUT2D eigenvalue weighted by Crippen LogP contribution is 2.31. The summed E-state index contributed by atoms with van der Waals surface area (Å²) in [4.78, 5) is 61.5. The Kier molecular flexibility index (Phi) is 17.2. The Morgan fingerprint density at radius 3 is 2.39 bits per heavy atom. The van der Waals surface area contributed by atoms with Crippen LogP contribution in [0.5, 0.6) is 0 Å². The molecule has 3 aliphatic heterocycles. The molecule has 2 saturated heterocycles. The normalized spacial score (nSPS) is 23.4. The largest absolute Gasteiger partial charge is 0.467 e. The Labute approximate surface area is 342 Å². The average Bonchev–Trinajstić information content (AvgIpc) is 3.82. The van der Waals surface area contributed by atoms with Crippen LogP contribution in [-0.4, -0.2) is 142 Å². The average molecular weight is 799 g/mol. The highest BCUT2D eigenvalue weighted by Gasteiger charge is 2.43. The summed E-state index contributed by atoms with van der Waals surface area (Å²) in [6.45, 7) is 15.6. The van der Waals surface area contributed by atoms with Crippen LogP contribution >= 0.6 is 0 Å². The van der Waals surface area contributed by atoms with Crippen molar-refractivity contribution >= 4 is 29.4 Å². The smallest absolute Gasteiger partial charge is 0.328 e. The SMILES string of the molecule is CCC(C)C(C(CC(=O)N1CCCC1C(OC)C(C)C(=O)NC(Cc1ccc2c(c1)CCCN2)C(=O)OC)OC)N(C)C(=O)C(NCC1(C)CCCN1C)C(C)C. The summed E-state index contributed by atoms with van der Waals surface area (Å²) in [6, 6.07) is 4.15. The zero-order chi connectivity index (χ0) is 42.0. The van der Waals surface area contributed by atoms with Crippen molar-refractivity contribution in [2.75, 3.05) is 66.9 Å². The lowest BCUT2D eigenvalue weighted by Gasteiger charge is -2.41. The highest BCUT2D eigenvalue weighted by molar-refractivity contribution is 5.86. The summed E-state index contributed by atoms with van der Waals surface area (Å²) in [7, 11) is 8.50. The first-order valence-corrected chi connectivity index (χ1v) is 21.4. The van der Waals surface area contributed by atoms with Crippen molar-refractivity contribution in [3.05, 3.63) is 29.3 Å². The topological polar surface area (TPSA) is 142 Å². The van der Waals surface area contributed by atoms with Gasteiger partial charge in [-0.1, -0.05) is 53.2 Å². The van der Waals surface area contributed by atoms with E-state index in [0.29, 0.717) is 19.4 Å². The third kappa shape index (κ3) is 11.3. The lowest BCUT2D eigenvalue weighted by Crippen LogP contribution is -2.59. The van der Waals surface area contributed by atoms with Crippen molar-refractivity contribution in [2.45, 2.75) is 141 Å². The first-order chi connectivity index (χ1) is 27.1. The monoisotopic (exact) mass is 799 g/mol. The van der Waals surface area contributed by atoms with E-state index >= 15 is 0 Å². The molecule has 1 aromatic rings. The number of nitrogens with one attached hydrogen (secondary N) is 3. The molecule has 9 unspecified atom stereocenters. The van der Waals surface area contributed by atoms with E-state index in [1.807, 2.05) is 29.0 Å². The second-order valence-corrected chi connectivity index (χ2v) is 17.5. The van der Waals surface area contributed by atoms with Gasteiger partial charge >= 0.3 is 5.97 Å². The number of esters is 1. The van der Waals surface area contributed by atoms with Gasteiger partial charge in [-0.3, -0.25) is 19.3 Å². The Balaban J connectivity index is 1.45. The van der Waals surface area contributed by atoms with E-state index < -0.39 is 30.1 Å². The van der Waals surface area contributed by atoms with Crippen LogP contribution in [0.1, 0.15) is 97.6 Å². The number of likely N-dealkylation sites (tertiary alicyclic amines) is 2. The fraction of sp³-hybridized carbons (Fsp3) is 0.773. The predicted octanol–water partition coefficient (Wildman–Crippen LogP) is 4.26. The maximum absolute atomic E-state index is 14.3. The number of amides is 3. The molecule has 4 rings (SSSR count). The van der Waals surface area contributed by atoms with Crippen molar-refractivity contribution in [1.29, 1.82) is 0 Å². The number of aryl methyl sites for hydroxylation is 1. The number of anilines is 1. The number of methoxy groups -OCH3 is 3. The number of carbonyl (C=O) groups is 4. The summed E-state index contributed by atoms with van der Waals surface area (Å²) in [5.74, 6) is -1.50. The Hall–Kier alpha value is -3.26. The third-order valence-electron chi connectivity index (χ3n) is 13.4. The lowest BCUT2D eigenvalue weighted by molar-refractivity contribution is -0.148. The molecule has 0 aliphatic carbocycles. The third-order valence-corrected chi connectivity index (χ3v) is 13.4. The molecule has 13 nitrogen and oxygen atoms in total. The van der Waals surface area contributed by atoms with Crippen LogP contribution in [0.15, 0.2) is 18.2 Å². The highest BCUT2D eigenvalue weighted by atomic mass is 16.5. The van der Waals surface area contributed by atoms with Gasteiger partial charge in [0.1, 0.15) is 6.04 Å². The molecular weight excluding hydrogens is 725 g/mol. The van der Waals surface area contributed by atoms with Gasteiger partial charge in [-0.25, -0.2) is 4.79 Å². The number of benzene rings is 1. The molecule has 9 atom stereocenters. The van der Waals surface area contributed by atoms with Crippen molar-refractivity contribution in [3.63, 3.8) is 0 Å². The standard InChI is InChI=1S/C44H74N6O7/c1-12-29(4)39(49(8)42(53)38(28(2)3)46-27-44(6)20-15-22-48(44)7)36(55-9)26-37(51)50-23-14-17-35(50)40(56-10)30(5)41(52)47-34(43(54)57-11)25-31-18-19-33-32(24-31)16-13-21-45-33/h18-19,24,28-30,34-36,38-40,45-46H,12-17,20-23,25-27H2,1-11H3,(H,47,52). The van der Waals surface area contributed by atoms with Gasteiger partial charge in [-0.05, 0) is 88.1 Å². The van der Waals surface area contributed by atoms with Crippen LogP contribution in [0.4, 0.5) is 5.69 Å². The molecule has 0 spiro atoms. The van der Waals surface area contributed by atoms with Crippen LogP contribution in [0.25, 0.3) is 0 Å². The molecule has 13 heteroatoms. The van der Waals surface area contributed by atoms with Gasteiger partial charge in [0.25, 0.3) is 0 Å². The van der Waals surface area contributed by atoms with E-state index in [-0.39, 0.29) is 59.6 Å². The molecule has 3 aliphatic rings. The molecule has 3 heterocycles. The van der Waals surface area contributed by atoms with Crippen LogP contribution < -0.4 is 16.0 Å². The summed E-state index contributed by atoms with van der Waals surface area (Å²) in [5.41, 5.74) is 3.24. The number of likely N-dealkylation sites (N-methyl/N-ethyl adjacent to an activating group) is 2. The Morgan fingerprint density at radius 2 is 1.77 bits per heavy atom.